The SMILES string of the molecule is C=C[C@@H](C)CC(=C)Cc1c[nH]c2ccccc12. The van der Waals surface area contributed by atoms with Crippen LogP contribution in [0.15, 0.2) is 55.3 Å². The summed E-state index contributed by atoms with van der Waals surface area (Å²) in [6.45, 7) is 10.2. The maximum atomic E-state index is 4.16. The maximum Gasteiger partial charge on any atom is 0.0456 e. The van der Waals surface area contributed by atoms with E-state index in [4.69, 9.17) is 0 Å². The fourth-order valence-corrected chi connectivity index (χ4v) is 2.16. The molecule has 0 saturated carbocycles. The molecule has 0 radical (unpaired) electrons. The van der Waals surface area contributed by atoms with Gasteiger partial charge in [0.15, 0.2) is 0 Å². The average molecular weight is 225 g/mol. The lowest BCUT2D eigenvalue weighted by atomic mass is 9.97. The number of aromatic nitrogens is 1. The lowest BCUT2D eigenvalue weighted by Crippen LogP contribution is -1.95. The molecule has 0 amide bonds. The first-order valence-corrected chi connectivity index (χ1v) is 6.05. The predicted molar refractivity (Wildman–Crippen MR) is 75.1 cm³/mol. The van der Waals surface area contributed by atoms with Crippen LogP contribution in [0.4, 0.5) is 0 Å². The Balaban J connectivity index is 2.13. The Kier molecular flexibility index (Phi) is 3.48. The highest BCUT2D eigenvalue weighted by Gasteiger charge is 2.06. The number of hydrogen-bond acceptors (Lipinski definition) is 0. The van der Waals surface area contributed by atoms with Crippen molar-refractivity contribution < 1.29 is 0 Å². The Labute approximate surface area is 103 Å². The van der Waals surface area contributed by atoms with E-state index in [9.17, 15) is 0 Å². The minimum atomic E-state index is 0.507. The third kappa shape index (κ3) is 2.68. The molecule has 0 spiro atoms. The highest BCUT2D eigenvalue weighted by atomic mass is 14.7. The molecule has 1 N–H and O–H groups in total. The van der Waals surface area contributed by atoms with Crippen LogP contribution in [0.1, 0.15) is 18.9 Å². The molecule has 1 atom stereocenters. The molecule has 0 aliphatic heterocycles. The van der Waals surface area contributed by atoms with Crippen LogP contribution < -0.4 is 0 Å². The number of rotatable bonds is 5. The Morgan fingerprint density at radius 2 is 2.18 bits per heavy atom. The van der Waals surface area contributed by atoms with Crippen LogP contribution in [-0.4, -0.2) is 4.98 Å². The number of allylic oxidation sites excluding steroid dienone is 2. The van der Waals surface area contributed by atoms with E-state index in [1.165, 1.54) is 22.0 Å². The highest BCUT2D eigenvalue weighted by molar-refractivity contribution is 5.83. The van der Waals surface area contributed by atoms with E-state index in [1.54, 1.807) is 0 Å². The van der Waals surface area contributed by atoms with E-state index in [0.29, 0.717) is 5.92 Å². The van der Waals surface area contributed by atoms with Gasteiger partial charge < -0.3 is 4.98 Å². The number of hydrogen-bond donors (Lipinski definition) is 1. The number of para-hydroxylation sites is 1. The second-order valence-corrected chi connectivity index (χ2v) is 4.70. The van der Waals surface area contributed by atoms with E-state index in [1.807, 2.05) is 6.08 Å². The van der Waals surface area contributed by atoms with Gasteiger partial charge >= 0.3 is 0 Å². The van der Waals surface area contributed by atoms with E-state index < -0.39 is 0 Å². The van der Waals surface area contributed by atoms with Crippen molar-refractivity contribution in [3.63, 3.8) is 0 Å². The van der Waals surface area contributed by atoms with Crippen molar-refractivity contribution in [1.29, 1.82) is 0 Å². The normalized spacial score (nSPS) is 12.5. The molecule has 1 aromatic carbocycles. The van der Waals surface area contributed by atoms with Gasteiger partial charge in [-0.2, -0.15) is 0 Å². The van der Waals surface area contributed by atoms with Gasteiger partial charge in [0.25, 0.3) is 0 Å². The minimum absolute atomic E-state index is 0.507. The van der Waals surface area contributed by atoms with Crippen LogP contribution in [0, 0.1) is 5.92 Å². The molecule has 0 bridgehead atoms. The third-order valence-electron chi connectivity index (χ3n) is 3.13. The summed E-state index contributed by atoms with van der Waals surface area (Å²) < 4.78 is 0. The van der Waals surface area contributed by atoms with E-state index in [2.05, 4.69) is 55.5 Å². The summed E-state index contributed by atoms with van der Waals surface area (Å²) in [7, 11) is 0. The molecule has 2 rings (SSSR count). The molecule has 1 aromatic heterocycles. The van der Waals surface area contributed by atoms with Crippen LogP contribution in [0.3, 0.4) is 0 Å². The van der Waals surface area contributed by atoms with Crippen molar-refractivity contribution in [2.45, 2.75) is 19.8 Å². The molecule has 1 heteroatoms. The lowest BCUT2D eigenvalue weighted by molar-refractivity contribution is 0.707. The van der Waals surface area contributed by atoms with Gasteiger partial charge in [-0.05, 0) is 30.4 Å². The number of fused-ring (bicyclic) bond motifs is 1. The molecule has 0 fully saturated rings. The largest absolute Gasteiger partial charge is 0.361 e. The van der Waals surface area contributed by atoms with Gasteiger partial charge in [0.05, 0.1) is 0 Å². The van der Waals surface area contributed by atoms with Gasteiger partial charge in [-0.25, -0.2) is 0 Å². The molecule has 1 nitrogen and oxygen atoms in total. The molecular formula is C16H19N. The van der Waals surface area contributed by atoms with Crippen molar-refractivity contribution in [2.75, 3.05) is 0 Å². The summed E-state index contributed by atoms with van der Waals surface area (Å²) in [6.07, 6.45) is 6.04. The van der Waals surface area contributed by atoms with Gasteiger partial charge in [-0.3, -0.25) is 0 Å². The Bertz CT molecular complexity index is 533. The van der Waals surface area contributed by atoms with Gasteiger partial charge in [-0.15, -0.1) is 6.58 Å². The zero-order valence-corrected chi connectivity index (χ0v) is 10.4. The molecule has 0 unspecified atom stereocenters. The van der Waals surface area contributed by atoms with E-state index in [0.717, 1.165) is 12.8 Å². The summed E-state index contributed by atoms with van der Waals surface area (Å²) in [4.78, 5) is 3.30. The number of benzene rings is 1. The van der Waals surface area contributed by atoms with Crippen LogP contribution in [-0.2, 0) is 6.42 Å². The van der Waals surface area contributed by atoms with E-state index >= 15 is 0 Å². The second-order valence-electron chi connectivity index (χ2n) is 4.70. The van der Waals surface area contributed by atoms with Crippen molar-refractivity contribution in [1.82, 2.24) is 4.98 Å². The summed E-state index contributed by atoms with van der Waals surface area (Å²) in [5.41, 5.74) is 3.80. The lowest BCUT2D eigenvalue weighted by Gasteiger charge is -2.08. The standard InChI is InChI=1S/C16H19N/c1-4-12(2)9-13(3)10-14-11-17-16-8-6-5-7-15(14)16/h4-8,11-12,17H,1,3,9-10H2,2H3/t12-/m1/s1. The molecule has 88 valence electrons. The van der Waals surface area contributed by atoms with Crippen LogP contribution >= 0.6 is 0 Å². The van der Waals surface area contributed by atoms with Crippen molar-refractivity contribution in [3.8, 4) is 0 Å². The Morgan fingerprint density at radius 3 is 2.94 bits per heavy atom. The zero-order chi connectivity index (χ0) is 12.3. The van der Waals surface area contributed by atoms with Crippen molar-refractivity contribution in [3.05, 3.63) is 60.8 Å². The Morgan fingerprint density at radius 1 is 1.41 bits per heavy atom. The van der Waals surface area contributed by atoms with Gasteiger partial charge in [0.1, 0.15) is 0 Å². The summed E-state index contributed by atoms with van der Waals surface area (Å²) in [6, 6.07) is 8.39. The minimum Gasteiger partial charge on any atom is -0.361 e. The third-order valence-corrected chi connectivity index (χ3v) is 3.13. The van der Waals surface area contributed by atoms with Crippen LogP contribution in [0.25, 0.3) is 10.9 Å². The van der Waals surface area contributed by atoms with Crippen molar-refractivity contribution in [2.24, 2.45) is 5.92 Å². The first-order valence-electron chi connectivity index (χ1n) is 6.05. The summed E-state index contributed by atoms with van der Waals surface area (Å²) >= 11 is 0. The molecule has 2 aromatic rings. The van der Waals surface area contributed by atoms with Crippen LogP contribution in [0.5, 0.6) is 0 Å². The van der Waals surface area contributed by atoms with Gasteiger partial charge in [0, 0.05) is 17.1 Å². The molecular weight excluding hydrogens is 206 g/mol. The number of H-pyrrole nitrogens is 1. The van der Waals surface area contributed by atoms with Crippen molar-refractivity contribution >= 4 is 10.9 Å². The zero-order valence-electron chi connectivity index (χ0n) is 10.4. The predicted octanol–water partition coefficient (Wildman–Crippen LogP) is 4.48. The highest BCUT2D eigenvalue weighted by Crippen LogP contribution is 2.22. The van der Waals surface area contributed by atoms with Gasteiger partial charge in [-0.1, -0.05) is 43.4 Å². The fourth-order valence-electron chi connectivity index (χ4n) is 2.16. The van der Waals surface area contributed by atoms with Crippen LogP contribution in [0.2, 0.25) is 0 Å². The number of nitrogens with one attached hydrogen (secondary N) is 1. The second kappa shape index (κ2) is 5.05. The fraction of sp³-hybridized carbons (Fsp3) is 0.250. The molecule has 17 heavy (non-hydrogen) atoms. The monoisotopic (exact) mass is 225 g/mol. The maximum absolute atomic E-state index is 4.16. The van der Waals surface area contributed by atoms with Gasteiger partial charge in [0.2, 0.25) is 0 Å². The number of aromatic amines is 1. The average Bonchev–Trinajstić information content (AvgIpc) is 2.72. The topological polar surface area (TPSA) is 15.8 Å². The molecule has 1 heterocycles. The molecule has 0 aliphatic rings. The first-order chi connectivity index (χ1) is 8.20. The quantitative estimate of drug-likeness (QED) is 0.722. The first kappa shape index (κ1) is 11.7. The molecule has 0 aliphatic carbocycles. The molecule has 0 saturated heterocycles. The van der Waals surface area contributed by atoms with E-state index in [-0.39, 0.29) is 0 Å². The summed E-state index contributed by atoms with van der Waals surface area (Å²) in [5, 5.41) is 1.31. The summed E-state index contributed by atoms with van der Waals surface area (Å²) in [5.74, 6) is 0.507. The smallest absolute Gasteiger partial charge is 0.0456 e. The Hall–Kier alpha value is -1.76.